The first-order valence-electron chi connectivity index (χ1n) is 5.89. The molecule has 0 aliphatic carbocycles. The van der Waals surface area contributed by atoms with Gasteiger partial charge in [-0.1, -0.05) is 30.8 Å². The zero-order chi connectivity index (χ0) is 15.3. The van der Waals surface area contributed by atoms with Gasteiger partial charge in [0.25, 0.3) is 6.43 Å². The van der Waals surface area contributed by atoms with Gasteiger partial charge in [0, 0.05) is 11.1 Å². The number of nitrogens with one attached hydrogen (secondary N) is 1. The van der Waals surface area contributed by atoms with Crippen molar-refractivity contribution in [3.05, 3.63) is 47.5 Å². The highest BCUT2D eigenvalue weighted by Crippen LogP contribution is 2.21. The first kappa shape index (κ1) is 15.8. The van der Waals surface area contributed by atoms with Gasteiger partial charge in [-0.2, -0.15) is 0 Å². The van der Waals surface area contributed by atoms with Gasteiger partial charge >= 0.3 is 5.97 Å². The van der Waals surface area contributed by atoms with E-state index < -0.39 is 24.3 Å². The molecule has 4 nitrogen and oxygen atoms in total. The molecule has 20 heavy (non-hydrogen) atoms. The Morgan fingerprint density at radius 1 is 1.25 bits per heavy atom. The van der Waals surface area contributed by atoms with E-state index >= 15 is 0 Å². The second-order valence-corrected chi connectivity index (χ2v) is 4.34. The fraction of sp³-hybridized carbons (Fsp3) is 0.286. The molecule has 0 saturated heterocycles. The van der Waals surface area contributed by atoms with E-state index in [0.29, 0.717) is 5.56 Å². The van der Waals surface area contributed by atoms with Gasteiger partial charge in [-0.3, -0.25) is 4.79 Å². The second-order valence-electron chi connectivity index (χ2n) is 4.34. The molecule has 108 valence electrons. The lowest BCUT2D eigenvalue weighted by Gasteiger charge is -2.15. The lowest BCUT2D eigenvalue weighted by atomic mass is 10.1. The number of hydrogen-bond acceptors (Lipinski definition) is 2. The van der Waals surface area contributed by atoms with Crippen molar-refractivity contribution in [1.82, 2.24) is 5.32 Å². The Morgan fingerprint density at radius 3 is 2.20 bits per heavy atom. The zero-order valence-corrected chi connectivity index (χ0v) is 10.9. The predicted molar refractivity (Wildman–Crippen MR) is 69.3 cm³/mol. The van der Waals surface area contributed by atoms with Crippen LogP contribution in [0.15, 0.2) is 36.4 Å². The molecular formula is C14H15F2NO3. The Morgan fingerprint density at radius 2 is 1.75 bits per heavy atom. The maximum absolute atomic E-state index is 12.4. The molecule has 0 aliphatic heterocycles. The number of carbonyl (C=O) groups is 2. The summed E-state index contributed by atoms with van der Waals surface area (Å²) in [7, 11) is 0. The maximum Gasteiger partial charge on any atom is 0.331 e. The van der Waals surface area contributed by atoms with Crippen LogP contribution in [0, 0.1) is 0 Å². The summed E-state index contributed by atoms with van der Waals surface area (Å²) in [6.45, 7) is 4.94. The minimum absolute atomic E-state index is 0.0912. The average molecular weight is 283 g/mol. The number of amides is 1. The van der Waals surface area contributed by atoms with E-state index in [9.17, 15) is 18.4 Å². The molecule has 0 radical (unpaired) electrons. The van der Waals surface area contributed by atoms with E-state index in [1.807, 2.05) is 0 Å². The number of hydrogen-bond donors (Lipinski definition) is 2. The topological polar surface area (TPSA) is 66.4 Å². The van der Waals surface area contributed by atoms with Gasteiger partial charge in [0.2, 0.25) is 5.91 Å². The second kappa shape index (κ2) is 6.79. The summed E-state index contributed by atoms with van der Waals surface area (Å²) >= 11 is 0. The fourth-order valence-electron chi connectivity index (χ4n) is 1.58. The molecule has 6 heteroatoms. The smallest absolute Gasteiger partial charge is 0.331 e. The molecule has 0 heterocycles. The number of alkyl halides is 2. The summed E-state index contributed by atoms with van der Waals surface area (Å²) in [5.41, 5.74) is 0.359. The summed E-state index contributed by atoms with van der Waals surface area (Å²) < 4.78 is 24.8. The van der Waals surface area contributed by atoms with Gasteiger partial charge < -0.3 is 10.4 Å². The van der Waals surface area contributed by atoms with Crippen LogP contribution in [-0.4, -0.2) is 17.0 Å². The van der Waals surface area contributed by atoms with Crippen molar-refractivity contribution in [1.29, 1.82) is 0 Å². The van der Waals surface area contributed by atoms with E-state index in [1.165, 1.54) is 24.3 Å². The molecule has 0 unspecified atom stereocenters. The SMILES string of the molecule is C=C(CC(=O)N[C@@H](C)c1ccc(C(F)F)cc1)C(=O)O. The van der Waals surface area contributed by atoms with Crippen molar-refractivity contribution in [3.63, 3.8) is 0 Å². The molecule has 1 atom stereocenters. The molecule has 0 aromatic heterocycles. The van der Waals surface area contributed by atoms with Gasteiger partial charge in [0.15, 0.2) is 0 Å². The third-order valence-corrected chi connectivity index (χ3v) is 2.74. The predicted octanol–water partition coefficient (Wildman–Crippen LogP) is 2.83. The van der Waals surface area contributed by atoms with E-state index in [1.54, 1.807) is 6.92 Å². The lowest BCUT2D eigenvalue weighted by Crippen LogP contribution is -2.27. The molecule has 0 spiro atoms. The number of halogens is 2. The van der Waals surface area contributed by atoms with Crippen LogP contribution in [0.25, 0.3) is 0 Å². The van der Waals surface area contributed by atoms with Crippen molar-refractivity contribution >= 4 is 11.9 Å². The van der Waals surface area contributed by atoms with Gasteiger partial charge in [-0.15, -0.1) is 0 Å². The van der Waals surface area contributed by atoms with Crippen LogP contribution in [0.5, 0.6) is 0 Å². The third-order valence-electron chi connectivity index (χ3n) is 2.74. The van der Waals surface area contributed by atoms with Crippen LogP contribution < -0.4 is 5.32 Å². The fourth-order valence-corrected chi connectivity index (χ4v) is 1.58. The van der Waals surface area contributed by atoms with Crippen LogP contribution in [-0.2, 0) is 9.59 Å². The highest BCUT2D eigenvalue weighted by molar-refractivity contribution is 5.93. The van der Waals surface area contributed by atoms with Gasteiger partial charge in [0.1, 0.15) is 0 Å². The Bertz CT molecular complexity index is 512. The zero-order valence-electron chi connectivity index (χ0n) is 10.9. The van der Waals surface area contributed by atoms with E-state index in [0.717, 1.165) is 0 Å². The maximum atomic E-state index is 12.4. The molecule has 2 N–H and O–H groups in total. The minimum atomic E-state index is -2.53. The van der Waals surface area contributed by atoms with E-state index in [2.05, 4.69) is 11.9 Å². The summed E-state index contributed by atoms with van der Waals surface area (Å²) in [4.78, 5) is 22.1. The number of carboxylic acid groups (broad SMARTS) is 1. The summed E-state index contributed by atoms with van der Waals surface area (Å²) in [5.74, 6) is -1.71. The van der Waals surface area contributed by atoms with Crippen molar-refractivity contribution < 1.29 is 23.5 Å². The largest absolute Gasteiger partial charge is 0.478 e. The summed E-state index contributed by atoms with van der Waals surface area (Å²) in [5, 5.41) is 11.2. The molecular weight excluding hydrogens is 268 g/mol. The van der Waals surface area contributed by atoms with Crippen LogP contribution >= 0.6 is 0 Å². The number of rotatable bonds is 6. The van der Waals surface area contributed by atoms with Crippen molar-refractivity contribution in [2.24, 2.45) is 0 Å². The average Bonchev–Trinajstić information content (AvgIpc) is 2.38. The van der Waals surface area contributed by atoms with Crippen LogP contribution in [0.1, 0.15) is 36.9 Å². The van der Waals surface area contributed by atoms with Crippen molar-refractivity contribution in [2.75, 3.05) is 0 Å². The quantitative estimate of drug-likeness (QED) is 0.789. The monoisotopic (exact) mass is 283 g/mol. The third kappa shape index (κ3) is 4.46. The van der Waals surface area contributed by atoms with E-state index in [4.69, 9.17) is 5.11 Å². The normalized spacial score (nSPS) is 12.0. The Labute approximate surface area is 115 Å². The molecule has 0 bridgehead atoms. The molecule has 1 amide bonds. The molecule has 1 aromatic carbocycles. The Kier molecular flexibility index (Phi) is 5.37. The Hall–Kier alpha value is -2.24. The van der Waals surface area contributed by atoms with Crippen LogP contribution in [0.2, 0.25) is 0 Å². The van der Waals surface area contributed by atoms with Gasteiger partial charge in [-0.25, -0.2) is 13.6 Å². The van der Waals surface area contributed by atoms with Crippen molar-refractivity contribution in [2.45, 2.75) is 25.8 Å². The molecule has 0 saturated carbocycles. The van der Waals surface area contributed by atoms with Gasteiger partial charge in [0.05, 0.1) is 12.5 Å². The Balaban J connectivity index is 2.62. The van der Waals surface area contributed by atoms with Crippen LogP contribution in [0.4, 0.5) is 8.78 Å². The van der Waals surface area contributed by atoms with Crippen molar-refractivity contribution in [3.8, 4) is 0 Å². The number of benzene rings is 1. The first-order chi connectivity index (χ1) is 9.31. The highest BCUT2D eigenvalue weighted by Gasteiger charge is 2.14. The number of carboxylic acids is 1. The number of carbonyl (C=O) groups excluding carboxylic acids is 1. The standard InChI is InChI=1S/C14H15F2NO3/c1-8(14(19)20)7-12(18)17-9(2)10-3-5-11(6-4-10)13(15)16/h3-6,9,13H,1,7H2,2H3,(H,17,18)(H,19,20)/t9-/m0/s1. The molecule has 1 rings (SSSR count). The van der Waals surface area contributed by atoms with Crippen LogP contribution in [0.3, 0.4) is 0 Å². The minimum Gasteiger partial charge on any atom is -0.478 e. The highest BCUT2D eigenvalue weighted by atomic mass is 19.3. The molecule has 0 fully saturated rings. The molecule has 0 aliphatic rings. The molecule has 1 aromatic rings. The van der Waals surface area contributed by atoms with E-state index in [-0.39, 0.29) is 17.6 Å². The first-order valence-corrected chi connectivity index (χ1v) is 5.89. The van der Waals surface area contributed by atoms with Gasteiger partial charge in [-0.05, 0) is 12.5 Å². The summed E-state index contributed by atoms with van der Waals surface area (Å²) in [6.07, 6.45) is -2.85. The lowest BCUT2D eigenvalue weighted by molar-refractivity contribution is -0.134. The number of aliphatic carboxylic acids is 1. The summed E-state index contributed by atoms with van der Waals surface area (Å²) in [6, 6.07) is 5.17.